The van der Waals surface area contributed by atoms with Crippen LogP contribution in [0.4, 0.5) is 0 Å². The number of hydrogen-bond acceptors (Lipinski definition) is 1. The van der Waals surface area contributed by atoms with Gasteiger partial charge in [0.05, 0.1) is 5.38 Å². The third-order valence-electron chi connectivity index (χ3n) is 2.32. The van der Waals surface area contributed by atoms with Crippen molar-refractivity contribution >= 4 is 62.1 Å². The summed E-state index contributed by atoms with van der Waals surface area (Å²) in [5, 5.41) is 0.857. The molecule has 2 rings (SSSR count). The number of alkyl halides is 1. The molecule has 0 spiro atoms. The molecular weight excluding hydrogens is 362 g/mol. The molecular formula is C12H8BrCl3S. The first-order chi connectivity index (χ1) is 8.00. The molecule has 0 nitrogen and oxygen atoms in total. The smallest absolute Gasteiger partial charge is 0.0967 e. The van der Waals surface area contributed by atoms with E-state index in [9.17, 15) is 0 Å². The highest BCUT2D eigenvalue weighted by Gasteiger charge is 2.21. The first-order valence-corrected chi connectivity index (χ1v) is 7.64. The Balaban J connectivity index is 2.51. The van der Waals surface area contributed by atoms with Crippen LogP contribution in [-0.4, -0.2) is 0 Å². The highest BCUT2D eigenvalue weighted by molar-refractivity contribution is 9.10. The van der Waals surface area contributed by atoms with Crippen molar-refractivity contribution in [3.63, 3.8) is 0 Å². The first kappa shape index (κ1) is 13.7. The second-order valence-corrected chi connectivity index (χ2v) is 6.96. The molecule has 0 aliphatic carbocycles. The second-order valence-electron chi connectivity index (χ2n) is 3.57. The molecule has 0 amide bonds. The van der Waals surface area contributed by atoms with Crippen molar-refractivity contribution in [2.75, 3.05) is 0 Å². The van der Waals surface area contributed by atoms with Gasteiger partial charge in [0, 0.05) is 29.8 Å². The van der Waals surface area contributed by atoms with E-state index in [1.165, 1.54) is 4.88 Å². The number of rotatable bonds is 2. The SMILES string of the molecule is Cc1cc(Br)c(C(Cl)c2c(Cl)cccc2Cl)s1. The van der Waals surface area contributed by atoms with E-state index in [0.717, 1.165) is 14.9 Å². The summed E-state index contributed by atoms with van der Waals surface area (Å²) in [5.41, 5.74) is 0.764. The van der Waals surface area contributed by atoms with Gasteiger partial charge in [0.2, 0.25) is 0 Å². The zero-order valence-electron chi connectivity index (χ0n) is 8.81. The Morgan fingerprint density at radius 1 is 1.24 bits per heavy atom. The number of benzene rings is 1. The summed E-state index contributed by atoms with van der Waals surface area (Å²) in [4.78, 5) is 2.22. The fourth-order valence-electron chi connectivity index (χ4n) is 1.56. The van der Waals surface area contributed by atoms with Crippen molar-refractivity contribution in [3.8, 4) is 0 Å². The van der Waals surface area contributed by atoms with Gasteiger partial charge in [-0.25, -0.2) is 0 Å². The fraction of sp³-hybridized carbons (Fsp3) is 0.167. The molecule has 0 saturated heterocycles. The lowest BCUT2D eigenvalue weighted by Gasteiger charge is -2.12. The van der Waals surface area contributed by atoms with Gasteiger partial charge in [-0.2, -0.15) is 0 Å². The highest BCUT2D eigenvalue weighted by Crippen LogP contribution is 2.44. The Hall–Kier alpha value is 0.270. The van der Waals surface area contributed by atoms with Crippen LogP contribution < -0.4 is 0 Å². The summed E-state index contributed by atoms with van der Waals surface area (Å²) < 4.78 is 0.996. The number of halogens is 4. The van der Waals surface area contributed by atoms with Crippen molar-refractivity contribution in [2.24, 2.45) is 0 Å². The van der Waals surface area contributed by atoms with Crippen molar-refractivity contribution in [1.29, 1.82) is 0 Å². The minimum Gasteiger partial charge on any atom is -0.143 e. The molecule has 2 aromatic rings. The average Bonchev–Trinajstić information content (AvgIpc) is 2.57. The molecule has 0 bridgehead atoms. The monoisotopic (exact) mass is 368 g/mol. The topological polar surface area (TPSA) is 0 Å². The van der Waals surface area contributed by atoms with Gasteiger partial charge in [0.1, 0.15) is 0 Å². The molecule has 1 atom stereocenters. The zero-order valence-corrected chi connectivity index (χ0v) is 13.5. The van der Waals surface area contributed by atoms with Crippen LogP contribution in [0, 0.1) is 6.92 Å². The van der Waals surface area contributed by atoms with Gasteiger partial charge in [-0.15, -0.1) is 22.9 Å². The number of aryl methyl sites for hydroxylation is 1. The van der Waals surface area contributed by atoms with Crippen LogP contribution in [0.3, 0.4) is 0 Å². The summed E-state index contributed by atoms with van der Waals surface area (Å²) in [6, 6.07) is 7.45. The molecule has 1 aromatic carbocycles. The fourth-order valence-corrected chi connectivity index (χ4v) is 4.77. The van der Waals surface area contributed by atoms with E-state index in [2.05, 4.69) is 15.9 Å². The Morgan fingerprint density at radius 2 is 1.82 bits per heavy atom. The Bertz CT molecular complexity index is 530. The molecule has 0 N–H and O–H groups in total. The lowest BCUT2D eigenvalue weighted by molar-refractivity contribution is 1.17. The predicted octanol–water partition coefficient (Wildman–Crippen LogP) is 6.45. The second kappa shape index (κ2) is 5.50. The maximum absolute atomic E-state index is 6.47. The van der Waals surface area contributed by atoms with Crippen LogP contribution in [0.15, 0.2) is 28.7 Å². The molecule has 0 saturated carbocycles. The van der Waals surface area contributed by atoms with Crippen molar-refractivity contribution in [2.45, 2.75) is 12.3 Å². The third-order valence-corrected chi connectivity index (χ3v) is 5.58. The molecule has 0 radical (unpaired) electrons. The lowest BCUT2D eigenvalue weighted by atomic mass is 10.1. The van der Waals surface area contributed by atoms with Gasteiger partial charge < -0.3 is 0 Å². The highest BCUT2D eigenvalue weighted by atomic mass is 79.9. The van der Waals surface area contributed by atoms with E-state index in [1.807, 2.05) is 19.1 Å². The molecule has 1 heterocycles. The normalized spacial score (nSPS) is 12.8. The van der Waals surface area contributed by atoms with Crippen molar-refractivity contribution in [3.05, 3.63) is 54.1 Å². The van der Waals surface area contributed by atoms with E-state index >= 15 is 0 Å². The van der Waals surface area contributed by atoms with Gasteiger partial charge in [-0.3, -0.25) is 0 Å². The number of hydrogen-bond donors (Lipinski definition) is 0. The van der Waals surface area contributed by atoms with Gasteiger partial charge >= 0.3 is 0 Å². The summed E-state index contributed by atoms with van der Waals surface area (Å²) in [5.74, 6) is 0. The molecule has 0 aliphatic rings. The predicted molar refractivity (Wildman–Crippen MR) is 80.9 cm³/mol. The van der Waals surface area contributed by atoms with E-state index in [4.69, 9.17) is 34.8 Å². The summed E-state index contributed by atoms with van der Waals surface area (Å²) in [7, 11) is 0. The molecule has 0 aliphatic heterocycles. The molecule has 1 unspecified atom stereocenters. The molecule has 1 aromatic heterocycles. The minimum atomic E-state index is -0.329. The van der Waals surface area contributed by atoms with Crippen LogP contribution in [-0.2, 0) is 0 Å². The summed E-state index contributed by atoms with van der Waals surface area (Å²) in [6.45, 7) is 2.04. The Labute approximate surface area is 128 Å². The Kier molecular flexibility index (Phi) is 4.43. The quantitative estimate of drug-likeness (QED) is 0.533. The van der Waals surface area contributed by atoms with Crippen LogP contribution in [0.5, 0.6) is 0 Å². The molecule has 90 valence electrons. The lowest BCUT2D eigenvalue weighted by Crippen LogP contribution is -1.93. The molecule has 17 heavy (non-hydrogen) atoms. The van der Waals surface area contributed by atoms with Crippen molar-refractivity contribution < 1.29 is 0 Å². The van der Waals surface area contributed by atoms with Crippen LogP contribution in [0.25, 0.3) is 0 Å². The minimum absolute atomic E-state index is 0.329. The van der Waals surface area contributed by atoms with E-state index in [1.54, 1.807) is 23.5 Å². The van der Waals surface area contributed by atoms with E-state index in [0.29, 0.717) is 10.0 Å². The first-order valence-electron chi connectivity index (χ1n) is 4.84. The van der Waals surface area contributed by atoms with Gasteiger partial charge in [0.15, 0.2) is 0 Å². The van der Waals surface area contributed by atoms with E-state index < -0.39 is 0 Å². The van der Waals surface area contributed by atoms with Crippen LogP contribution in [0.2, 0.25) is 10.0 Å². The van der Waals surface area contributed by atoms with Crippen molar-refractivity contribution in [1.82, 2.24) is 0 Å². The average molecular weight is 371 g/mol. The summed E-state index contributed by atoms with van der Waals surface area (Å²) in [6.07, 6.45) is 0. The van der Waals surface area contributed by atoms with Crippen LogP contribution >= 0.6 is 62.1 Å². The largest absolute Gasteiger partial charge is 0.143 e. The van der Waals surface area contributed by atoms with Crippen LogP contribution in [0.1, 0.15) is 20.7 Å². The Morgan fingerprint density at radius 3 is 2.29 bits per heavy atom. The summed E-state index contributed by atoms with van der Waals surface area (Å²) >= 11 is 23.9. The zero-order chi connectivity index (χ0) is 12.6. The maximum Gasteiger partial charge on any atom is 0.0967 e. The van der Waals surface area contributed by atoms with E-state index in [-0.39, 0.29) is 5.38 Å². The standard InChI is InChI=1S/C12H8BrCl3S/c1-6-5-7(13)12(17-6)11(16)10-8(14)3-2-4-9(10)15/h2-5,11H,1H3. The van der Waals surface area contributed by atoms with Gasteiger partial charge in [-0.05, 0) is 41.1 Å². The maximum atomic E-state index is 6.47. The van der Waals surface area contributed by atoms with Gasteiger partial charge in [-0.1, -0.05) is 29.3 Å². The van der Waals surface area contributed by atoms with Gasteiger partial charge in [0.25, 0.3) is 0 Å². The third kappa shape index (κ3) is 2.82. The number of thiophene rings is 1. The molecule has 0 fully saturated rings. The molecule has 5 heteroatoms.